The largest absolute Gasteiger partial charge is 0.456 e. The summed E-state index contributed by atoms with van der Waals surface area (Å²) in [6, 6.07) is 43.1. The minimum atomic E-state index is -0.519. The molecule has 3 heterocycles. The summed E-state index contributed by atoms with van der Waals surface area (Å²) in [7, 11) is 0. The van der Waals surface area contributed by atoms with Gasteiger partial charge in [0.15, 0.2) is 17.5 Å². The highest BCUT2D eigenvalue weighted by atomic mass is 16.3. The zero-order valence-electron chi connectivity index (χ0n) is 37.6. The normalized spacial score (nSPS) is 13.6. The maximum Gasteiger partial charge on any atom is 0.166 e. The number of nitrogens with zero attached hydrogens (tertiary/aromatic N) is 4. The number of hydrogen-bond acceptors (Lipinski definition) is 4. The van der Waals surface area contributed by atoms with E-state index in [1.165, 1.54) is 4.57 Å². The first-order valence-corrected chi connectivity index (χ1v) is 18.1. The number of para-hydroxylation sites is 3. The molecule has 11 aromatic rings. The molecule has 11 rings (SSSR count). The average Bonchev–Trinajstić information content (AvgIpc) is 3.91. The summed E-state index contributed by atoms with van der Waals surface area (Å²) in [5.41, 5.74) is 7.30. The van der Waals surface area contributed by atoms with Crippen LogP contribution in [0.15, 0.2) is 198 Å². The van der Waals surface area contributed by atoms with Crippen molar-refractivity contribution in [1.29, 1.82) is 0 Å². The third-order valence-corrected chi connectivity index (χ3v) is 10.1. The van der Waals surface area contributed by atoms with Crippen LogP contribution >= 0.6 is 0 Å². The van der Waals surface area contributed by atoms with Gasteiger partial charge in [0, 0.05) is 38.2 Å². The molecule has 0 aliphatic rings. The molecular formula is C51H32N4O. The summed E-state index contributed by atoms with van der Waals surface area (Å²) in [5, 5.41) is 1.82. The summed E-state index contributed by atoms with van der Waals surface area (Å²) in [6.45, 7) is 0. The number of aromatic nitrogens is 4. The predicted octanol–water partition coefficient (Wildman–Crippen LogP) is 13.2. The highest BCUT2D eigenvalue weighted by Gasteiger charge is 2.21. The third-order valence-electron chi connectivity index (χ3n) is 10.1. The van der Waals surface area contributed by atoms with Gasteiger partial charge in [0.2, 0.25) is 0 Å². The second-order valence-electron chi connectivity index (χ2n) is 13.4. The molecule has 0 saturated heterocycles. The van der Waals surface area contributed by atoms with Crippen LogP contribution in [0.1, 0.15) is 11.0 Å². The molecule has 0 aliphatic heterocycles. The van der Waals surface area contributed by atoms with Crippen molar-refractivity contribution in [3.63, 3.8) is 0 Å². The van der Waals surface area contributed by atoms with E-state index in [1.807, 2.05) is 133 Å². The van der Waals surface area contributed by atoms with Crippen molar-refractivity contribution in [2.75, 3.05) is 0 Å². The van der Waals surface area contributed by atoms with Crippen molar-refractivity contribution in [1.82, 2.24) is 19.5 Å². The van der Waals surface area contributed by atoms with Gasteiger partial charge in [-0.2, -0.15) is 0 Å². The van der Waals surface area contributed by atoms with Crippen molar-refractivity contribution in [2.24, 2.45) is 0 Å². The van der Waals surface area contributed by atoms with E-state index in [0.717, 1.165) is 55.3 Å². The topological polar surface area (TPSA) is 56.7 Å². The first-order valence-electron chi connectivity index (χ1n) is 22.1. The Hall–Kier alpha value is -7.63. The fraction of sp³-hybridized carbons (Fsp3) is 0. The van der Waals surface area contributed by atoms with Gasteiger partial charge in [-0.1, -0.05) is 152 Å². The minimum absolute atomic E-state index is 0.0117. The van der Waals surface area contributed by atoms with Gasteiger partial charge in [0.25, 0.3) is 0 Å². The molecule has 0 radical (unpaired) electrons. The Labute approximate surface area is 334 Å². The zero-order chi connectivity index (χ0) is 44.0. The number of furan rings is 1. The fourth-order valence-electron chi connectivity index (χ4n) is 7.44. The fourth-order valence-corrected chi connectivity index (χ4v) is 7.44. The minimum Gasteiger partial charge on any atom is -0.456 e. The first kappa shape index (κ1) is 24.6. The molecule has 3 aromatic heterocycles. The van der Waals surface area contributed by atoms with Crippen LogP contribution in [0.25, 0.3) is 106 Å². The van der Waals surface area contributed by atoms with E-state index in [4.69, 9.17) is 27.6 Å². The van der Waals surface area contributed by atoms with Crippen molar-refractivity contribution >= 4 is 43.7 Å². The van der Waals surface area contributed by atoms with Crippen LogP contribution < -0.4 is 0 Å². The Bertz CT molecular complexity index is 3630. The molecule has 56 heavy (non-hydrogen) atoms. The number of fused-ring (bicyclic) bond motifs is 6. The van der Waals surface area contributed by atoms with Crippen molar-refractivity contribution in [2.45, 2.75) is 0 Å². The maximum absolute atomic E-state index is 9.27. The van der Waals surface area contributed by atoms with Gasteiger partial charge in [-0.05, 0) is 64.7 Å². The molecule has 0 saturated carbocycles. The first-order chi connectivity index (χ1) is 31.1. The predicted molar refractivity (Wildman–Crippen MR) is 229 cm³/mol. The van der Waals surface area contributed by atoms with E-state index < -0.39 is 48.3 Å². The highest BCUT2D eigenvalue weighted by Crippen LogP contribution is 2.39. The lowest BCUT2D eigenvalue weighted by atomic mass is 9.99. The van der Waals surface area contributed by atoms with Crippen LogP contribution in [0.4, 0.5) is 0 Å². The Kier molecular flexibility index (Phi) is 5.74. The molecule has 0 amide bonds. The smallest absolute Gasteiger partial charge is 0.166 e. The van der Waals surface area contributed by atoms with Crippen LogP contribution in [0.5, 0.6) is 0 Å². The summed E-state index contributed by atoms with van der Waals surface area (Å²) < 4.78 is 79.1. The third kappa shape index (κ3) is 5.37. The van der Waals surface area contributed by atoms with Gasteiger partial charge in [0.05, 0.1) is 27.7 Å². The van der Waals surface area contributed by atoms with Gasteiger partial charge < -0.3 is 8.98 Å². The summed E-state index contributed by atoms with van der Waals surface area (Å²) in [5.74, 6) is 0.970. The van der Waals surface area contributed by atoms with Crippen LogP contribution in [0, 0.1) is 0 Å². The second-order valence-corrected chi connectivity index (χ2v) is 13.4. The summed E-state index contributed by atoms with van der Waals surface area (Å²) in [4.78, 5) is 15.2. The number of benzene rings is 8. The van der Waals surface area contributed by atoms with Crippen LogP contribution in [-0.4, -0.2) is 19.5 Å². The molecule has 0 spiro atoms. The molecule has 0 N–H and O–H groups in total. The Morgan fingerprint density at radius 2 is 0.893 bits per heavy atom. The molecule has 0 bridgehead atoms. The second kappa shape index (κ2) is 13.0. The molecule has 0 atom stereocenters. The molecule has 0 unspecified atom stereocenters. The Morgan fingerprint density at radius 3 is 1.61 bits per heavy atom. The van der Waals surface area contributed by atoms with Gasteiger partial charge >= 0.3 is 0 Å². The Balaban J connectivity index is 1.24. The Morgan fingerprint density at radius 1 is 0.393 bits per heavy atom. The van der Waals surface area contributed by atoms with E-state index in [2.05, 4.69) is 6.07 Å². The molecule has 0 aliphatic carbocycles. The lowest BCUT2D eigenvalue weighted by Crippen LogP contribution is -2.04. The molecule has 0 fully saturated rings. The van der Waals surface area contributed by atoms with Gasteiger partial charge in [-0.3, -0.25) is 0 Å². The van der Waals surface area contributed by atoms with E-state index in [0.29, 0.717) is 22.9 Å². The van der Waals surface area contributed by atoms with E-state index >= 15 is 0 Å². The molecule has 5 heteroatoms. The van der Waals surface area contributed by atoms with Crippen LogP contribution in [-0.2, 0) is 0 Å². The van der Waals surface area contributed by atoms with Gasteiger partial charge in [-0.25, -0.2) is 15.0 Å². The van der Waals surface area contributed by atoms with E-state index in [-0.39, 0.29) is 27.6 Å². The number of rotatable bonds is 6. The lowest BCUT2D eigenvalue weighted by Gasteiger charge is -2.16. The van der Waals surface area contributed by atoms with E-state index in [1.54, 1.807) is 6.07 Å². The average molecular weight is 725 g/mol. The maximum atomic E-state index is 9.27. The summed E-state index contributed by atoms with van der Waals surface area (Å²) >= 11 is 0. The summed E-state index contributed by atoms with van der Waals surface area (Å²) in [6.07, 6.45) is 0. The van der Waals surface area contributed by atoms with Gasteiger partial charge in [0.1, 0.15) is 11.2 Å². The van der Waals surface area contributed by atoms with E-state index in [9.17, 15) is 2.74 Å². The standard InChI is InChI=1S/C51H32N4O/c1-3-13-33(14-4-1)34-23-25-36(26-24-34)50-52-49(35-15-5-2-6-16-35)53-51(54-50)43-32-37(38-28-30-48-42(31-38)41-19-9-12-22-47(41)56-48)27-29-46(43)55-44-20-10-7-17-39(44)40-18-8-11-21-45(40)55/h1-32H/i7D,8D,10D,11D,17D,18D,20D,21D. The highest BCUT2D eigenvalue weighted by molar-refractivity contribution is 6.10. The zero-order valence-corrected chi connectivity index (χ0v) is 29.6. The lowest BCUT2D eigenvalue weighted by molar-refractivity contribution is 0.669. The van der Waals surface area contributed by atoms with Crippen molar-refractivity contribution < 1.29 is 15.4 Å². The van der Waals surface area contributed by atoms with Crippen molar-refractivity contribution in [3.05, 3.63) is 194 Å². The monoisotopic (exact) mass is 724 g/mol. The van der Waals surface area contributed by atoms with Crippen LogP contribution in [0.2, 0.25) is 0 Å². The quantitative estimate of drug-likeness (QED) is 0.171. The number of hydrogen-bond donors (Lipinski definition) is 0. The molecule has 5 nitrogen and oxygen atoms in total. The van der Waals surface area contributed by atoms with Crippen LogP contribution in [0.3, 0.4) is 0 Å². The molecular weight excluding hydrogens is 685 g/mol. The molecule has 262 valence electrons. The molecule has 8 aromatic carbocycles. The van der Waals surface area contributed by atoms with Crippen molar-refractivity contribution in [3.8, 4) is 62.1 Å². The SMILES string of the molecule is [2H]c1c([2H])c([2H])c2c(c1[2H])c1c([2H])c([2H])c([2H])c([2H])c1n2-c1ccc(-c2ccc3oc4ccccc4c3c2)cc1-c1nc(-c2ccccc2)nc(-c2ccc(-c3ccccc3)cc2)n1. The van der Waals surface area contributed by atoms with Gasteiger partial charge in [-0.15, -0.1) is 0 Å².